The molecule has 2 aromatic carbocycles. The molecule has 4 rings (SSSR count). The van der Waals surface area contributed by atoms with E-state index in [1.54, 1.807) is 0 Å². The summed E-state index contributed by atoms with van der Waals surface area (Å²) in [6, 6.07) is 18.6. The van der Waals surface area contributed by atoms with E-state index >= 15 is 0 Å². The molecule has 0 aliphatic carbocycles. The second-order valence-corrected chi connectivity index (χ2v) is 6.34. The monoisotopic (exact) mass is 292 g/mol. The van der Waals surface area contributed by atoms with Crippen LogP contribution in [0.5, 0.6) is 0 Å². The van der Waals surface area contributed by atoms with Crippen molar-refractivity contribution in [3.8, 4) is 0 Å². The molecule has 3 heteroatoms. The van der Waals surface area contributed by atoms with E-state index in [1.807, 2.05) is 18.2 Å². The molecule has 0 unspecified atom stereocenters. The number of likely N-dealkylation sites (tertiary alicyclic amines) is 1. The molecular formula is C19H20N2O. The van der Waals surface area contributed by atoms with Crippen LogP contribution < -0.4 is 5.32 Å². The smallest absolute Gasteiger partial charge is 0.252 e. The highest BCUT2D eigenvalue weighted by atomic mass is 16.2. The van der Waals surface area contributed by atoms with Gasteiger partial charge < -0.3 is 5.32 Å². The Morgan fingerprint density at radius 2 is 1.64 bits per heavy atom. The van der Waals surface area contributed by atoms with Crippen LogP contribution in [0.2, 0.25) is 0 Å². The second kappa shape index (κ2) is 5.25. The number of amides is 1. The lowest BCUT2D eigenvalue weighted by molar-refractivity contribution is 0.0856. The van der Waals surface area contributed by atoms with Gasteiger partial charge in [-0.3, -0.25) is 9.69 Å². The summed E-state index contributed by atoms with van der Waals surface area (Å²) in [5.41, 5.74) is 3.27. The van der Waals surface area contributed by atoms with E-state index in [2.05, 4.69) is 46.6 Å². The Morgan fingerprint density at radius 3 is 2.41 bits per heavy atom. The van der Waals surface area contributed by atoms with Gasteiger partial charge in [-0.25, -0.2) is 0 Å². The minimum absolute atomic E-state index is 0.0899. The molecule has 0 saturated carbocycles. The van der Waals surface area contributed by atoms with Crippen molar-refractivity contribution < 1.29 is 4.79 Å². The fraction of sp³-hybridized carbons (Fsp3) is 0.316. The van der Waals surface area contributed by atoms with Gasteiger partial charge in [-0.05, 0) is 30.0 Å². The van der Waals surface area contributed by atoms with Gasteiger partial charge in [0.25, 0.3) is 5.91 Å². The van der Waals surface area contributed by atoms with Gasteiger partial charge in [0.05, 0.1) is 5.54 Å². The predicted octanol–water partition coefficient (Wildman–Crippen LogP) is 2.92. The van der Waals surface area contributed by atoms with E-state index in [-0.39, 0.29) is 11.4 Å². The Hall–Kier alpha value is -2.13. The lowest BCUT2D eigenvalue weighted by atomic mass is 9.82. The quantitative estimate of drug-likeness (QED) is 0.923. The highest BCUT2D eigenvalue weighted by Crippen LogP contribution is 2.39. The van der Waals surface area contributed by atoms with Gasteiger partial charge in [0, 0.05) is 25.2 Å². The molecule has 1 spiro atoms. The number of fused-ring (bicyclic) bond motifs is 2. The number of hydrogen-bond donors (Lipinski definition) is 1. The van der Waals surface area contributed by atoms with Crippen LogP contribution in [0.3, 0.4) is 0 Å². The van der Waals surface area contributed by atoms with Crippen LogP contribution >= 0.6 is 0 Å². The van der Waals surface area contributed by atoms with Gasteiger partial charge in [-0.15, -0.1) is 0 Å². The summed E-state index contributed by atoms with van der Waals surface area (Å²) in [4.78, 5) is 14.7. The third kappa shape index (κ3) is 2.22. The number of carbonyl (C=O) groups is 1. The van der Waals surface area contributed by atoms with Gasteiger partial charge in [-0.1, -0.05) is 48.5 Å². The molecule has 2 heterocycles. The van der Waals surface area contributed by atoms with Gasteiger partial charge >= 0.3 is 0 Å². The molecule has 2 aromatic rings. The van der Waals surface area contributed by atoms with E-state index < -0.39 is 0 Å². The first-order chi connectivity index (χ1) is 10.8. The standard InChI is InChI=1S/C19H20N2O/c22-18-16-8-4-5-9-17(16)19(20-18)10-12-21(13-11-19)14-15-6-2-1-3-7-15/h1-9H,10-14H2,(H,20,22). The minimum atomic E-state index is -0.138. The third-order valence-corrected chi connectivity index (χ3v) is 5.00. The second-order valence-electron chi connectivity index (χ2n) is 6.34. The molecule has 3 nitrogen and oxygen atoms in total. The van der Waals surface area contributed by atoms with Crippen LogP contribution in [0, 0.1) is 0 Å². The number of carbonyl (C=O) groups excluding carboxylic acids is 1. The van der Waals surface area contributed by atoms with Crippen molar-refractivity contribution in [3.05, 3.63) is 71.3 Å². The van der Waals surface area contributed by atoms with Crippen molar-refractivity contribution in [2.24, 2.45) is 0 Å². The maximum atomic E-state index is 12.2. The van der Waals surface area contributed by atoms with Gasteiger partial charge in [0.1, 0.15) is 0 Å². The van der Waals surface area contributed by atoms with E-state index in [0.717, 1.165) is 38.0 Å². The molecule has 0 bridgehead atoms. The summed E-state index contributed by atoms with van der Waals surface area (Å²) in [7, 11) is 0. The van der Waals surface area contributed by atoms with Crippen LogP contribution in [-0.2, 0) is 12.1 Å². The summed E-state index contributed by atoms with van der Waals surface area (Å²) < 4.78 is 0. The molecule has 1 amide bonds. The first-order valence-corrected chi connectivity index (χ1v) is 7.95. The Morgan fingerprint density at radius 1 is 0.955 bits per heavy atom. The zero-order valence-corrected chi connectivity index (χ0v) is 12.6. The van der Waals surface area contributed by atoms with Crippen LogP contribution in [0.4, 0.5) is 0 Å². The molecule has 0 atom stereocenters. The number of hydrogen-bond acceptors (Lipinski definition) is 2. The van der Waals surface area contributed by atoms with E-state index in [1.165, 1.54) is 11.1 Å². The first kappa shape index (κ1) is 13.5. The Labute approximate surface area is 131 Å². The lowest BCUT2D eigenvalue weighted by Gasteiger charge is -2.40. The third-order valence-electron chi connectivity index (χ3n) is 5.00. The van der Waals surface area contributed by atoms with E-state index in [0.29, 0.717) is 0 Å². The van der Waals surface area contributed by atoms with E-state index in [9.17, 15) is 4.79 Å². The molecule has 2 aliphatic heterocycles. The fourth-order valence-electron chi connectivity index (χ4n) is 3.78. The number of rotatable bonds is 2. The van der Waals surface area contributed by atoms with Crippen molar-refractivity contribution in [1.29, 1.82) is 0 Å². The predicted molar refractivity (Wildman–Crippen MR) is 86.5 cm³/mol. The van der Waals surface area contributed by atoms with Crippen molar-refractivity contribution in [2.75, 3.05) is 13.1 Å². The first-order valence-electron chi connectivity index (χ1n) is 7.95. The molecule has 1 fully saturated rings. The number of piperidine rings is 1. The highest BCUT2D eigenvalue weighted by molar-refractivity contribution is 6.00. The molecule has 112 valence electrons. The number of nitrogens with zero attached hydrogens (tertiary/aromatic N) is 1. The highest BCUT2D eigenvalue weighted by Gasteiger charge is 2.44. The van der Waals surface area contributed by atoms with Crippen LogP contribution in [0.25, 0.3) is 0 Å². The maximum Gasteiger partial charge on any atom is 0.252 e. The van der Waals surface area contributed by atoms with Crippen molar-refractivity contribution >= 4 is 5.91 Å². The minimum Gasteiger partial charge on any atom is -0.342 e. The van der Waals surface area contributed by atoms with Gasteiger partial charge in [0.2, 0.25) is 0 Å². The molecule has 1 saturated heterocycles. The largest absolute Gasteiger partial charge is 0.342 e. The van der Waals surface area contributed by atoms with Crippen molar-refractivity contribution in [1.82, 2.24) is 10.2 Å². The number of nitrogens with one attached hydrogen (secondary N) is 1. The molecular weight excluding hydrogens is 272 g/mol. The maximum absolute atomic E-state index is 12.2. The summed E-state index contributed by atoms with van der Waals surface area (Å²) >= 11 is 0. The van der Waals surface area contributed by atoms with Gasteiger partial charge in [-0.2, -0.15) is 0 Å². The summed E-state index contributed by atoms with van der Waals surface area (Å²) in [6.45, 7) is 3.03. The fourth-order valence-corrected chi connectivity index (χ4v) is 3.78. The topological polar surface area (TPSA) is 32.3 Å². The van der Waals surface area contributed by atoms with Gasteiger partial charge in [0.15, 0.2) is 0 Å². The summed E-state index contributed by atoms with van der Waals surface area (Å²) in [5.74, 6) is 0.0899. The SMILES string of the molecule is O=C1NC2(CCN(Cc3ccccc3)CC2)c2ccccc21. The molecule has 2 aliphatic rings. The Bertz CT molecular complexity index is 688. The summed E-state index contributed by atoms with van der Waals surface area (Å²) in [6.07, 6.45) is 1.98. The van der Waals surface area contributed by atoms with Crippen molar-refractivity contribution in [3.63, 3.8) is 0 Å². The van der Waals surface area contributed by atoms with Crippen LogP contribution in [0.15, 0.2) is 54.6 Å². The lowest BCUT2D eigenvalue weighted by Crippen LogP contribution is -2.48. The Kier molecular flexibility index (Phi) is 3.23. The molecule has 0 aromatic heterocycles. The average Bonchev–Trinajstić information content (AvgIpc) is 2.84. The van der Waals surface area contributed by atoms with E-state index in [4.69, 9.17) is 0 Å². The zero-order valence-electron chi connectivity index (χ0n) is 12.6. The van der Waals surface area contributed by atoms with Crippen LogP contribution in [0.1, 0.15) is 34.3 Å². The van der Waals surface area contributed by atoms with Crippen LogP contribution in [-0.4, -0.2) is 23.9 Å². The Balaban J connectivity index is 1.50. The summed E-state index contributed by atoms with van der Waals surface area (Å²) in [5, 5.41) is 3.25. The number of benzene rings is 2. The zero-order chi connectivity index (χ0) is 15.0. The molecule has 0 radical (unpaired) electrons. The van der Waals surface area contributed by atoms with Crippen molar-refractivity contribution in [2.45, 2.75) is 24.9 Å². The normalized spacial score (nSPS) is 19.9. The average molecular weight is 292 g/mol. The molecule has 22 heavy (non-hydrogen) atoms. The molecule has 1 N–H and O–H groups in total.